The van der Waals surface area contributed by atoms with Gasteiger partial charge >= 0.3 is 0 Å². The Balaban J connectivity index is 2.24. The van der Waals surface area contributed by atoms with Crippen molar-refractivity contribution in [3.05, 3.63) is 24.5 Å². The molecule has 2 rings (SSSR count). The summed E-state index contributed by atoms with van der Waals surface area (Å²) < 4.78 is 27.2. The van der Waals surface area contributed by atoms with Crippen LogP contribution < -0.4 is 5.73 Å². The van der Waals surface area contributed by atoms with Crippen molar-refractivity contribution in [1.29, 1.82) is 0 Å². The molecule has 20 heavy (non-hydrogen) atoms. The third kappa shape index (κ3) is 3.37. The van der Waals surface area contributed by atoms with E-state index in [1.807, 2.05) is 6.92 Å². The molecule has 0 saturated heterocycles. The number of sulfonamides is 1. The first-order chi connectivity index (χ1) is 9.55. The van der Waals surface area contributed by atoms with Crippen molar-refractivity contribution in [2.45, 2.75) is 56.0 Å². The fraction of sp³-hybridized carbons (Fsp3) is 0.643. The second-order valence-electron chi connectivity index (χ2n) is 5.37. The molecule has 5 nitrogen and oxygen atoms in total. The largest absolute Gasteiger partial charge is 0.328 e. The van der Waals surface area contributed by atoms with E-state index >= 15 is 0 Å². The van der Waals surface area contributed by atoms with E-state index in [2.05, 4.69) is 4.98 Å². The Morgan fingerprint density at radius 2 is 2.05 bits per heavy atom. The van der Waals surface area contributed by atoms with Crippen molar-refractivity contribution in [3.63, 3.8) is 0 Å². The molecule has 0 amide bonds. The normalized spacial score (nSPS) is 23.9. The molecule has 1 fully saturated rings. The summed E-state index contributed by atoms with van der Waals surface area (Å²) in [4.78, 5) is 4.21. The van der Waals surface area contributed by atoms with Gasteiger partial charge in [0.05, 0.1) is 0 Å². The Kier molecular flexibility index (Phi) is 5.12. The van der Waals surface area contributed by atoms with Gasteiger partial charge in [-0.3, -0.25) is 4.98 Å². The molecule has 0 atom stereocenters. The lowest BCUT2D eigenvalue weighted by atomic mass is 9.92. The lowest BCUT2D eigenvalue weighted by Gasteiger charge is -2.35. The van der Waals surface area contributed by atoms with Crippen LogP contribution in [0.15, 0.2) is 29.4 Å². The molecule has 1 aliphatic rings. The zero-order valence-corrected chi connectivity index (χ0v) is 12.7. The van der Waals surface area contributed by atoms with E-state index in [0.717, 1.165) is 32.1 Å². The summed E-state index contributed by atoms with van der Waals surface area (Å²) in [7, 11) is -3.45. The molecule has 0 bridgehead atoms. The van der Waals surface area contributed by atoms with E-state index in [-0.39, 0.29) is 17.0 Å². The predicted octanol–water partition coefficient (Wildman–Crippen LogP) is 1.75. The monoisotopic (exact) mass is 297 g/mol. The Labute approximate surface area is 121 Å². The molecular formula is C14H23N3O2S. The maximum Gasteiger partial charge on any atom is 0.244 e. The van der Waals surface area contributed by atoms with Gasteiger partial charge in [0.15, 0.2) is 0 Å². The van der Waals surface area contributed by atoms with Crippen LogP contribution in [-0.4, -0.2) is 36.3 Å². The Morgan fingerprint density at radius 1 is 1.35 bits per heavy atom. The Hall–Kier alpha value is -0.980. The molecule has 1 saturated carbocycles. The van der Waals surface area contributed by atoms with Crippen LogP contribution in [0.1, 0.15) is 39.0 Å². The molecule has 0 spiro atoms. The van der Waals surface area contributed by atoms with E-state index in [0.29, 0.717) is 6.54 Å². The zero-order chi connectivity index (χ0) is 14.6. The van der Waals surface area contributed by atoms with E-state index < -0.39 is 10.0 Å². The van der Waals surface area contributed by atoms with Crippen LogP contribution in [0.2, 0.25) is 0 Å². The van der Waals surface area contributed by atoms with Gasteiger partial charge in [-0.1, -0.05) is 6.92 Å². The van der Waals surface area contributed by atoms with Gasteiger partial charge < -0.3 is 5.73 Å². The van der Waals surface area contributed by atoms with E-state index in [1.165, 1.54) is 6.20 Å². The van der Waals surface area contributed by atoms with Crippen LogP contribution in [0, 0.1) is 0 Å². The molecule has 2 N–H and O–H groups in total. The van der Waals surface area contributed by atoms with Crippen LogP contribution in [-0.2, 0) is 10.0 Å². The standard InChI is InChI=1S/C14H23N3O2S/c1-2-10-17(13-7-5-12(15)6-8-13)20(18,19)14-4-3-9-16-11-14/h3-4,9,11-13H,2,5-8,10,15H2,1H3. The third-order valence-electron chi connectivity index (χ3n) is 3.83. The fourth-order valence-electron chi connectivity index (χ4n) is 2.74. The summed E-state index contributed by atoms with van der Waals surface area (Å²) in [5, 5.41) is 0. The third-order valence-corrected chi connectivity index (χ3v) is 5.77. The highest BCUT2D eigenvalue weighted by Crippen LogP contribution is 2.27. The molecule has 0 aliphatic heterocycles. The van der Waals surface area contributed by atoms with Crippen molar-refractivity contribution in [2.24, 2.45) is 5.73 Å². The van der Waals surface area contributed by atoms with Crippen molar-refractivity contribution < 1.29 is 8.42 Å². The summed E-state index contributed by atoms with van der Waals surface area (Å²) in [5.41, 5.74) is 5.91. The molecular weight excluding hydrogens is 274 g/mol. The maximum absolute atomic E-state index is 12.8. The number of aromatic nitrogens is 1. The number of pyridine rings is 1. The van der Waals surface area contributed by atoms with Crippen LogP contribution in [0.5, 0.6) is 0 Å². The number of nitrogens with zero attached hydrogens (tertiary/aromatic N) is 2. The van der Waals surface area contributed by atoms with Crippen LogP contribution >= 0.6 is 0 Å². The van der Waals surface area contributed by atoms with Crippen molar-refractivity contribution >= 4 is 10.0 Å². The second kappa shape index (κ2) is 6.65. The van der Waals surface area contributed by atoms with Gasteiger partial charge in [-0.15, -0.1) is 0 Å². The lowest BCUT2D eigenvalue weighted by molar-refractivity contribution is 0.240. The highest BCUT2D eigenvalue weighted by Gasteiger charge is 2.33. The van der Waals surface area contributed by atoms with Crippen molar-refractivity contribution in [1.82, 2.24) is 9.29 Å². The molecule has 1 heterocycles. The average molecular weight is 297 g/mol. The minimum absolute atomic E-state index is 0.0694. The minimum atomic E-state index is -3.45. The molecule has 1 aromatic heterocycles. The lowest BCUT2D eigenvalue weighted by Crippen LogP contribution is -2.44. The summed E-state index contributed by atoms with van der Waals surface area (Å²) in [5.74, 6) is 0. The smallest absolute Gasteiger partial charge is 0.244 e. The van der Waals surface area contributed by atoms with Gasteiger partial charge in [0.1, 0.15) is 4.90 Å². The first-order valence-electron chi connectivity index (χ1n) is 7.23. The molecule has 1 aliphatic carbocycles. The number of hydrogen-bond acceptors (Lipinski definition) is 4. The highest BCUT2D eigenvalue weighted by molar-refractivity contribution is 7.89. The van der Waals surface area contributed by atoms with E-state index in [9.17, 15) is 8.42 Å². The van der Waals surface area contributed by atoms with E-state index in [4.69, 9.17) is 5.73 Å². The summed E-state index contributed by atoms with van der Waals surface area (Å²) >= 11 is 0. The first kappa shape index (κ1) is 15.4. The molecule has 6 heteroatoms. The Morgan fingerprint density at radius 3 is 2.60 bits per heavy atom. The maximum atomic E-state index is 12.8. The molecule has 0 unspecified atom stereocenters. The molecule has 0 radical (unpaired) electrons. The van der Waals surface area contributed by atoms with Crippen molar-refractivity contribution in [2.75, 3.05) is 6.54 Å². The fourth-order valence-corrected chi connectivity index (χ4v) is 4.49. The summed E-state index contributed by atoms with van der Waals surface area (Å²) in [6.45, 7) is 2.55. The predicted molar refractivity (Wildman–Crippen MR) is 78.7 cm³/mol. The summed E-state index contributed by atoms with van der Waals surface area (Å²) in [6, 6.07) is 3.56. The first-order valence-corrected chi connectivity index (χ1v) is 8.67. The quantitative estimate of drug-likeness (QED) is 0.898. The summed E-state index contributed by atoms with van der Waals surface area (Å²) in [6.07, 6.45) is 7.31. The zero-order valence-electron chi connectivity index (χ0n) is 11.9. The van der Waals surface area contributed by atoms with E-state index in [1.54, 1.807) is 22.6 Å². The molecule has 1 aromatic rings. The van der Waals surface area contributed by atoms with Gasteiger partial charge in [-0.05, 0) is 44.2 Å². The van der Waals surface area contributed by atoms with Crippen LogP contribution in [0.25, 0.3) is 0 Å². The average Bonchev–Trinajstić information content (AvgIpc) is 2.47. The van der Waals surface area contributed by atoms with Gasteiger partial charge in [0.2, 0.25) is 10.0 Å². The number of hydrogen-bond donors (Lipinski definition) is 1. The topological polar surface area (TPSA) is 76.3 Å². The number of nitrogens with two attached hydrogens (primary N) is 1. The Bertz CT molecular complexity index is 510. The number of rotatable bonds is 5. The molecule has 112 valence electrons. The SMILES string of the molecule is CCCN(C1CCC(N)CC1)S(=O)(=O)c1cccnc1. The van der Waals surface area contributed by atoms with Gasteiger partial charge in [-0.2, -0.15) is 4.31 Å². The van der Waals surface area contributed by atoms with Crippen LogP contribution in [0.3, 0.4) is 0 Å². The van der Waals surface area contributed by atoms with Gasteiger partial charge in [0, 0.05) is 31.0 Å². The minimum Gasteiger partial charge on any atom is -0.328 e. The molecule has 0 aromatic carbocycles. The van der Waals surface area contributed by atoms with Gasteiger partial charge in [0.25, 0.3) is 0 Å². The van der Waals surface area contributed by atoms with Gasteiger partial charge in [-0.25, -0.2) is 8.42 Å². The second-order valence-corrected chi connectivity index (χ2v) is 7.26. The van der Waals surface area contributed by atoms with Crippen molar-refractivity contribution in [3.8, 4) is 0 Å². The van der Waals surface area contributed by atoms with Crippen LogP contribution in [0.4, 0.5) is 0 Å². The highest BCUT2D eigenvalue weighted by atomic mass is 32.2.